The maximum Gasteiger partial charge on any atom is 0.329 e. The summed E-state index contributed by atoms with van der Waals surface area (Å²) in [5.74, 6) is -0.537. The van der Waals surface area contributed by atoms with Crippen LogP contribution in [-0.4, -0.2) is 66.6 Å². The number of ether oxygens (including phenoxy) is 2. The maximum absolute atomic E-state index is 12.2. The first kappa shape index (κ1) is 22.3. The molecule has 9 nitrogen and oxygen atoms in total. The van der Waals surface area contributed by atoms with Gasteiger partial charge in [-0.25, -0.2) is 13.2 Å². The fourth-order valence-corrected chi connectivity index (χ4v) is 7.46. The number of hydrogen-bond acceptors (Lipinski definition) is 7. The molecule has 0 aromatic heterocycles. The van der Waals surface area contributed by atoms with Gasteiger partial charge in [0, 0.05) is 10.9 Å². The van der Waals surface area contributed by atoms with E-state index < -0.39 is 34.9 Å². The average Bonchev–Trinajstić information content (AvgIpc) is 3.20. The Morgan fingerprint density at radius 2 is 1.72 bits per heavy atom. The van der Waals surface area contributed by atoms with Crippen LogP contribution in [0, 0.1) is 0 Å². The molecule has 1 N–H and O–H groups in total. The lowest BCUT2D eigenvalue weighted by Crippen LogP contribution is -2.37. The first-order valence-electron chi connectivity index (χ1n) is 9.71. The van der Waals surface area contributed by atoms with Crippen molar-refractivity contribution in [1.29, 1.82) is 0 Å². The van der Waals surface area contributed by atoms with E-state index in [-0.39, 0.29) is 22.8 Å². The molecule has 168 valence electrons. The Morgan fingerprint density at radius 1 is 1.03 bits per heavy atom. The highest BCUT2D eigenvalue weighted by Gasteiger charge is 2.49. The Hall–Kier alpha value is -2.89. The smallest absolute Gasteiger partial charge is 0.329 e. The van der Waals surface area contributed by atoms with E-state index in [0.29, 0.717) is 22.4 Å². The molecule has 0 saturated carbocycles. The van der Waals surface area contributed by atoms with Crippen molar-refractivity contribution in [3.8, 4) is 11.5 Å². The third kappa shape index (κ3) is 5.29. The highest BCUT2D eigenvalue weighted by molar-refractivity contribution is 8.16. The number of amidine groups is 1. The van der Waals surface area contributed by atoms with Crippen LogP contribution in [0.3, 0.4) is 0 Å². The molecule has 0 aliphatic carbocycles. The number of carbonyl (C=O) groups excluding carboxylic acids is 1. The van der Waals surface area contributed by atoms with Crippen LogP contribution in [0.2, 0.25) is 0 Å². The third-order valence-electron chi connectivity index (χ3n) is 4.83. The summed E-state index contributed by atoms with van der Waals surface area (Å²) in [7, 11) is -3.19. The van der Waals surface area contributed by atoms with Crippen LogP contribution in [0.4, 0.5) is 5.69 Å². The van der Waals surface area contributed by atoms with Crippen molar-refractivity contribution in [3.05, 3.63) is 54.6 Å². The highest BCUT2D eigenvalue weighted by atomic mass is 32.2. The number of amides is 1. The quantitative estimate of drug-likeness (QED) is 0.640. The summed E-state index contributed by atoms with van der Waals surface area (Å²) >= 11 is 1.23. The van der Waals surface area contributed by atoms with Gasteiger partial charge in [-0.15, -0.1) is 0 Å². The molecular formula is C21H20N2O7S2. The third-order valence-corrected chi connectivity index (χ3v) is 8.04. The normalized spacial score (nSPS) is 22.6. The molecule has 2 aliphatic rings. The van der Waals surface area contributed by atoms with E-state index in [1.54, 1.807) is 29.2 Å². The molecular weight excluding hydrogens is 456 g/mol. The predicted molar refractivity (Wildman–Crippen MR) is 120 cm³/mol. The van der Waals surface area contributed by atoms with Gasteiger partial charge in [0.25, 0.3) is 5.91 Å². The van der Waals surface area contributed by atoms with E-state index in [4.69, 9.17) is 14.6 Å². The number of anilines is 1. The van der Waals surface area contributed by atoms with Gasteiger partial charge in [-0.05, 0) is 36.4 Å². The molecule has 0 spiro atoms. The van der Waals surface area contributed by atoms with Gasteiger partial charge in [-0.1, -0.05) is 30.0 Å². The van der Waals surface area contributed by atoms with Crippen LogP contribution < -0.4 is 9.64 Å². The van der Waals surface area contributed by atoms with Crippen molar-refractivity contribution in [3.63, 3.8) is 0 Å². The minimum absolute atomic E-state index is 0.0107. The second-order valence-corrected chi connectivity index (χ2v) is 10.6. The molecule has 11 heteroatoms. The summed E-state index contributed by atoms with van der Waals surface area (Å²) in [6.07, 6.45) is 0. The number of rotatable bonds is 7. The van der Waals surface area contributed by atoms with E-state index in [9.17, 15) is 18.0 Å². The molecule has 2 saturated heterocycles. The molecule has 2 atom stereocenters. The van der Waals surface area contributed by atoms with Crippen molar-refractivity contribution in [2.45, 2.75) is 11.3 Å². The maximum atomic E-state index is 12.2. The molecule has 2 heterocycles. The van der Waals surface area contributed by atoms with Gasteiger partial charge < -0.3 is 19.5 Å². The number of para-hydroxylation sites is 1. The van der Waals surface area contributed by atoms with E-state index in [0.717, 1.165) is 0 Å². The molecule has 1 amide bonds. The van der Waals surface area contributed by atoms with Crippen molar-refractivity contribution < 1.29 is 32.6 Å². The van der Waals surface area contributed by atoms with Crippen molar-refractivity contribution in [1.82, 2.24) is 0 Å². The molecule has 0 bridgehead atoms. The van der Waals surface area contributed by atoms with E-state index in [1.165, 1.54) is 11.8 Å². The number of nitrogens with zero attached hydrogens (tertiary/aromatic N) is 2. The topological polar surface area (TPSA) is 123 Å². The molecule has 2 fully saturated rings. The van der Waals surface area contributed by atoms with Crippen LogP contribution in [0.15, 0.2) is 59.6 Å². The lowest BCUT2D eigenvalue weighted by Gasteiger charge is -2.24. The van der Waals surface area contributed by atoms with Crippen LogP contribution in [0.25, 0.3) is 0 Å². The van der Waals surface area contributed by atoms with Gasteiger partial charge in [0.2, 0.25) is 0 Å². The summed E-state index contributed by atoms with van der Waals surface area (Å²) in [5, 5.41) is 8.75. The van der Waals surface area contributed by atoms with Gasteiger partial charge in [0.05, 0.1) is 17.5 Å². The van der Waals surface area contributed by atoms with Crippen LogP contribution in [0.1, 0.15) is 0 Å². The fraction of sp³-hybridized carbons (Fsp3) is 0.286. The zero-order valence-electron chi connectivity index (χ0n) is 16.8. The van der Waals surface area contributed by atoms with Crippen LogP contribution in [-0.2, 0) is 24.2 Å². The zero-order valence-corrected chi connectivity index (χ0v) is 18.4. The number of benzene rings is 2. The number of fused-ring (bicyclic) bond motifs is 1. The summed E-state index contributed by atoms with van der Waals surface area (Å²) < 4.78 is 35.0. The first-order valence-corrected chi connectivity index (χ1v) is 12.4. The van der Waals surface area contributed by atoms with Crippen molar-refractivity contribution >= 4 is 44.3 Å². The lowest BCUT2D eigenvalue weighted by atomic mass is 10.2. The molecule has 0 unspecified atom stereocenters. The van der Waals surface area contributed by atoms with Crippen molar-refractivity contribution in [2.24, 2.45) is 4.99 Å². The number of aliphatic carboxylic acids is 1. The van der Waals surface area contributed by atoms with E-state index in [2.05, 4.69) is 4.99 Å². The predicted octanol–water partition coefficient (Wildman–Crippen LogP) is 2.18. The van der Waals surface area contributed by atoms with Gasteiger partial charge in [0.1, 0.15) is 24.7 Å². The van der Waals surface area contributed by atoms with Gasteiger partial charge in [-0.3, -0.25) is 4.79 Å². The molecule has 4 rings (SSSR count). The number of aliphatic imine (C=N–C) groups is 1. The molecule has 0 radical (unpaired) electrons. The first-order chi connectivity index (χ1) is 15.3. The second-order valence-electron chi connectivity index (χ2n) is 7.25. The van der Waals surface area contributed by atoms with Gasteiger partial charge in [-0.2, -0.15) is 4.99 Å². The lowest BCUT2D eigenvalue weighted by molar-refractivity contribution is -0.143. The van der Waals surface area contributed by atoms with Gasteiger partial charge in [0.15, 0.2) is 15.0 Å². The average molecular weight is 477 g/mol. The van der Waals surface area contributed by atoms with E-state index >= 15 is 0 Å². The monoisotopic (exact) mass is 476 g/mol. The van der Waals surface area contributed by atoms with Crippen LogP contribution in [0.5, 0.6) is 11.5 Å². The molecule has 2 aromatic carbocycles. The minimum Gasteiger partial charge on any atom is -0.480 e. The number of hydrogen-bond donors (Lipinski definition) is 1. The second kappa shape index (κ2) is 9.31. The summed E-state index contributed by atoms with van der Waals surface area (Å²) in [4.78, 5) is 28.6. The minimum atomic E-state index is -3.19. The summed E-state index contributed by atoms with van der Waals surface area (Å²) in [6, 6.07) is 16.0. The summed E-state index contributed by atoms with van der Waals surface area (Å²) in [6.45, 7) is -1.07. The number of carboxylic acids is 1. The molecule has 2 aliphatic heterocycles. The Morgan fingerprint density at radius 3 is 2.41 bits per heavy atom. The number of thioether (sulfide) groups is 1. The largest absolute Gasteiger partial charge is 0.480 e. The number of carboxylic acid groups (broad SMARTS) is 1. The SMILES string of the molecule is O=C(O)COCC(=O)N=C1S[C@@H]2CS(=O)(=O)C[C@H]2N1c1ccc(Oc2ccccc2)cc1. The Balaban J connectivity index is 1.55. The number of carbonyl (C=O) groups is 2. The highest BCUT2D eigenvalue weighted by Crippen LogP contribution is 2.41. The Kier molecular flexibility index (Phi) is 6.49. The fourth-order valence-electron chi connectivity index (χ4n) is 3.53. The number of sulfone groups is 1. The zero-order chi connectivity index (χ0) is 22.7. The van der Waals surface area contributed by atoms with Crippen LogP contribution >= 0.6 is 11.8 Å². The standard InChI is InChI=1S/C21H20N2O7S2/c24-19(10-29-11-20(25)26)22-21-23(17-12-32(27,28)13-18(17)31-21)14-6-8-16(9-7-14)30-15-4-2-1-3-5-15/h1-9,17-18H,10-13H2,(H,25,26)/t17-,18-/m1/s1. The Labute approximate surface area is 189 Å². The Bertz CT molecular complexity index is 1130. The molecule has 32 heavy (non-hydrogen) atoms. The van der Waals surface area contributed by atoms with E-state index in [1.807, 2.05) is 30.3 Å². The summed E-state index contributed by atoms with van der Waals surface area (Å²) in [5.41, 5.74) is 0.681. The van der Waals surface area contributed by atoms with Gasteiger partial charge >= 0.3 is 5.97 Å². The van der Waals surface area contributed by atoms with Crippen molar-refractivity contribution in [2.75, 3.05) is 29.6 Å². The molecule has 2 aromatic rings.